The van der Waals surface area contributed by atoms with Gasteiger partial charge in [0.25, 0.3) is 24.2 Å². The summed E-state index contributed by atoms with van der Waals surface area (Å²) in [5, 5.41) is 15.7. The number of aliphatic hydroxyl groups is 1. The Hall–Kier alpha value is -2.80. The van der Waals surface area contributed by atoms with Crippen molar-refractivity contribution in [2.24, 2.45) is 0 Å². The lowest BCUT2D eigenvalue weighted by Crippen LogP contribution is -2.47. The number of likely N-dealkylation sites (tertiary alicyclic amines) is 1. The minimum Gasteiger partial charge on any atom is -0.388 e. The van der Waals surface area contributed by atoms with Gasteiger partial charge in [-0.1, -0.05) is 0 Å². The van der Waals surface area contributed by atoms with Gasteiger partial charge < -0.3 is 20.6 Å². The summed E-state index contributed by atoms with van der Waals surface area (Å²) in [6.07, 6.45) is 0.449. The third kappa shape index (κ3) is 6.19. The average Bonchev–Trinajstić information content (AvgIpc) is 3.37. The molecule has 8 nitrogen and oxygen atoms in total. The number of thiazole rings is 1. The molecule has 214 valence electrons. The van der Waals surface area contributed by atoms with Crippen molar-refractivity contribution >= 4 is 29.0 Å². The molecule has 3 heterocycles. The van der Waals surface area contributed by atoms with Crippen molar-refractivity contribution in [3.8, 4) is 10.4 Å². The zero-order valence-electron chi connectivity index (χ0n) is 22.4. The molecule has 1 saturated carbocycles. The maximum Gasteiger partial charge on any atom is 0.280 e. The van der Waals surface area contributed by atoms with E-state index in [-0.39, 0.29) is 32.5 Å². The smallest absolute Gasteiger partial charge is 0.280 e. The summed E-state index contributed by atoms with van der Waals surface area (Å²) >= 11 is 0.694. The largest absolute Gasteiger partial charge is 0.388 e. The fraction of sp³-hybridized carbons (Fsp3) is 0.615. The normalized spacial score (nSPS) is 21.0. The molecule has 2 aliphatic rings. The summed E-state index contributed by atoms with van der Waals surface area (Å²) < 4.78 is 56.8. The van der Waals surface area contributed by atoms with Crippen molar-refractivity contribution in [3.63, 3.8) is 0 Å². The lowest BCUT2D eigenvalue weighted by Gasteiger charge is -2.39. The number of pyridine rings is 1. The molecule has 2 aromatic rings. The standard InChI is InChI=1S/C26H33F4N5O3S/c1-13-10-26(29,30)12-35(13)23(37)18-19(39-22(33-18)21(36)32-14(2)24(3,4)38)16-11-31-17(9-15(16)20(27)28)34-25(5)7-6-8-25/h9,11,13-14,20,38H,6-8,10,12H2,1-5H3,(H,31,34)(H,32,36)/t13-,14+/m0/s1. The second kappa shape index (κ2) is 10.3. The predicted molar refractivity (Wildman–Crippen MR) is 139 cm³/mol. The summed E-state index contributed by atoms with van der Waals surface area (Å²) in [7, 11) is 0. The number of rotatable bonds is 8. The number of carbonyl (C=O) groups excluding carboxylic acids is 2. The number of anilines is 1. The number of hydrogen-bond donors (Lipinski definition) is 3. The summed E-state index contributed by atoms with van der Waals surface area (Å²) in [5.41, 5.74) is -2.44. The molecular weight excluding hydrogens is 538 g/mol. The van der Waals surface area contributed by atoms with Crippen LogP contribution < -0.4 is 10.6 Å². The molecule has 2 aromatic heterocycles. The minimum atomic E-state index is -3.10. The highest BCUT2D eigenvalue weighted by atomic mass is 32.1. The number of hydrogen-bond acceptors (Lipinski definition) is 7. The lowest BCUT2D eigenvalue weighted by atomic mass is 9.78. The van der Waals surface area contributed by atoms with E-state index in [0.29, 0.717) is 11.3 Å². The monoisotopic (exact) mass is 571 g/mol. The van der Waals surface area contributed by atoms with E-state index in [1.807, 2.05) is 6.92 Å². The van der Waals surface area contributed by atoms with E-state index in [4.69, 9.17) is 0 Å². The Morgan fingerprint density at radius 2 is 1.95 bits per heavy atom. The molecule has 2 atom stereocenters. The molecule has 0 radical (unpaired) electrons. The Morgan fingerprint density at radius 3 is 2.46 bits per heavy atom. The minimum absolute atomic E-state index is 0.0623. The molecular formula is C26H33F4N5O3S. The van der Waals surface area contributed by atoms with E-state index in [2.05, 4.69) is 20.6 Å². The molecule has 1 aliphatic carbocycles. The van der Waals surface area contributed by atoms with Crippen LogP contribution in [0, 0.1) is 0 Å². The molecule has 4 rings (SSSR count). The summed E-state index contributed by atoms with van der Waals surface area (Å²) in [5.74, 6) is -4.48. The van der Waals surface area contributed by atoms with Gasteiger partial charge in [-0.2, -0.15) is 0 Å². The van der Waals surface area contributed by atoms with Crippen molar-refractivity contribution in [1.82, 2.24) is 20.2 Å². The van der Waals surface area contributed by atoms with Crippen LogP contribution >= 0.6 is 11.3 Å². The molecule has 1 aliphatic heterocycles. The topological polar surface area (TPSA) is 107 Å². The fourth-order valence-electron chi connectivity index (χ4n) is 4.65. The maximum absolute atomic E-state index is 14.3. The van der Waals surface area contributed by atoms with E-state index in [0.717, 1.165) is 24.2 Å². The Labute approximate surface area is 228 Å². The van der Waals surface area contributed by atoms with Crippen molar-refractivity contribution in [2.75, 3.05) is 11.9 Å². The van der Waals surface area contributed by atoms with Gasteiger partial charge in [-0.05, 0) is 59.9 Å². The average molecular weight is 572 g/mol. The molecule has 0 aromatic carbocycles. The Kier molecular flexibility index (Phi) is 7.71. The Balaban J connectivity index is 1.77. The summed E-state index contributed by atoms with van der Waals surface area (Å²) in [6, 6.07) is -0.331. The molecule has 0 bridgehead atoms. The predicted octanol–water partition coefficient (Wildman–Crippen LogP) is 5.26. The van der Waals surface area contributed by atoms with Crippen LogP contribution in [0.15, 0.2) is 12.3 Å². The highest BCUT2D eigenvalue weighted by molar-refractivity contribution is 7.17. The van der Waals surface area contributed by atoms with Crippen LogP contribution in [0.4, 0.5) is 23.4 Å². The molecule has 0 unspecified atom stereocenters. The Bertz CT molecular complexity index is 1260. The van der Waals surface area contributed by atoms with Crippen molar-refractivity contribution in [2.45, 2.75) is 95.9 Å². The summed E-state index contributed by atoms with van der Waals surface area (Å²) in [6.45, 7) is 7.16. The highest BCUT2D eigenvalue weighted by Gasteiger charge is 2.46. The first kappa shape index (κ1) is 29.2. The first-order chi connectivity index (χ1) is 18.0. The molecule has 3 N–H and O–H groups in total. The number of nitrogens with one attached hydrogen (secondary N) is 2. The first-order valence-corrected chi connectivity index (χ1v) is 13.6. The van der Waals surface area contributed by atoms with E-state index >= 15 is 0 Å². The van der Waals surface area contributed by atoms with Gasteiger partial charge in [-0.25, -0.2) is 27.5 Å². The number of nitrogens with zero attached hydrogens (tertiary/aromatic N) is 3. The lowest BCUT2D eigenvalue weighted by molar-refractivity contribution is 0.0118. The van der Waals surface area contributed by atoms with Gasteiger partial charge >= 0.3 is 0 Å². The van der Waals surface area contributed by atoms with Gasteiger partial charge in [0.05, 0.1) is 23.1 Å². The van der Waals surface area contributed by atoms with E-state index in [1.54, 1.807) is 6.92 Å². The van der Waals surface area contributed by atoms with Gasteiger partial charge in [-0.3, -0.25) is 9.59 Å². The SMILES string of the molecule is C[C@H]1CC(F)(F)CN1C(=O)c1nc(C(=O)N[C@H](C)C(C)(C)O)sc1-c1cnc(NC2(C)CCC2)cc1C(F)F. The van der Waals surface area contributed by atoms with Crippen molar-refractivity contribution in [1.29, 1.82) is 0 Å². The van der Waals surface area contributed by atoms with Gasteiger partial charge in [-0.15, -0.1) is 11.3 Å². The maximum atomic E-state index is 14.3. The van der Waals surface area contributed by atoms with Crippen LogP contribution in [-0.4, -0.2) is 67.5 Å². The number of carbonyl (C=O) groups is 2. The van der Waals surface area contributed by atoms with Crippen LogP contribution in [0.5, 0.6) is 0 Å². The second-order valence-electron chi connectivity index (χ2n) is 11.4. The highest BCUT2D eigenvalue weighted by Crippen LogP contribution is 2.41. The number of halogens is 4. The quantitative estimate of drug-likeness (QED) is 0.374. The number of aromatic nitrogens is 2. The van der Waals surface area contributed by atoms with Crippen molar-refractivity contribution in [3.05, 3.63) is 28.5 Å². The molecule has 39 heavy (non-hydrogen) atoms. The summed E-state index contributed by atoms with van der Waals surface area (Å²) in [4.78, 5) is 35.8. The van der Waals surface area contributed by atoms with E-state index in [1.165, 1.54) is 33.0 Å². The molecule has 2 amide bonds. The fourth-order valence-corrected chi connectivity index (χ4v) is 5.64. The molecule has 2 fully saturated rings. The zero-order valence-corrected chi connectivity index (χ0v) is 23.3. The van der Waals surface area contributed by atoms with Crippen LogP contribution in [0.1, 0.15) is 92.6 Å². The molecule has 13 heteroatoms. The van der Waals surface area contributed by atoms with Crippen molar-refractivity contribution < 1.29 is 32.3 Å². The van der Waals surface area contributed by atoms with Crippen LogP contribution in [0.2, 0.25) is 0 Å². The van der Waals surface area contributed by atoms with Gasteiger partial charge in [0.15, 0.2) is 5.01 Å². The third-order valence-corrected chi connectivity index (χ3v) is 8.61. The first-order valence-electron chi connectivity index (χ1n) is 12.8. The van der Waals surface area contributed by atoms with Gasteiger partial charge in [0.1, 0.15) is 11.5 Å². The Morgan fingerprint density at radius 1 is 1.28 bits per heavy atom. The van der Waals surface area contributed by atoms with Gasteiger partial charge in [0.2, 0.25) is 0 Å². The molecule has 1 saturated heterocycles. The van der Waals surface area contributed by atoms with Gasteiger partial charge in [0, 0.05) is 35.3 Å². The van der Waals surface area contributed by atoms with E-state index in [9.17, 15) is 32.3 Å². The van der Waals surface area contributed by atoms with Crippen LogP contribution in [0.25, 0.3) is 10.4 Å². The number of amides is 2. The van der Waals surface area contributed by atoms with Crippen LogP contribution in [0.3, 0.4) is 0 Å². The number of alkyl halides is 4. The van der Waals surface area contributed by atoms with E-state index < -0.39 is 60.4 Å². The van der Waals surface area contributed by atoms with Crippen LogP contribution in [-0.2, 0) is 0 Å². The third-order valence-electron chi connectivity index (χ3n) is 7.52. The second-order valence-corrected chi connectivity index (χ2v) is 12.4. The zero-order chi connectivity index (χ0) is 28.9. The molecule has 0 spiro atoms.